The number of alkyl halides is 3. The molecule has 0 radical (unpaired) electrons. The molecule has 180 valence electrons. The van der Waals surface area contributed by atoms with Crippen molar-refractivity contribution in [3.8, 4) is 0 Å². The number of carbonyl (C=O) groups excluding carboxylic acids is 1. The SMILES string of the molecule is O=C(c1ccco1)N1CCN(CC(OCc2ccc(C(F)(F)F)cc2)c2ccc(Cl)cc2)CC1. The molecule has 0 N–H and O–H groups in total. The number of amides is 1. The average molecular weight is 493 g/mol. The van der Waals surface area contributed by atoms with E-state index in [4.69, 9.17) is 20.8 Å². The number of benzene rings is 2. The lowest BCUT2D eigenvalue weighted by Crippen LogP contribution is -2.49. The van der Waals surface area contributed by atoms with Gasteiger partial charge in [0.05, 0.1) is 24.5 Å². The third-order valence-corrected chi connectivity index (χ3v) is 6.04. The Hall–Kier alpha value is -2.81. The molecule has 5 nitrogen and oxygen atoms in total. The molecule has 3 aromatic rings. The summed E-state index contributed by atoms with van der Waals surface area (Å²) in [6, 6.07) is 15.7. The van der Waals surface area contributed by atoms with Gasteiger partial charge in [0, 0.05) is 37.7 Å². The third-order valence-electron chi connectivity index (χ3n) is 5.79. The van der Waals surface area contributed by atoms with Crippen molar-refractivity contribution in [2.24, 2.45) is 0 Å². The predicted molar refractivity (Wildman–Crippen MR) is 121 cm³/mol. The summed E-state index contributed by atoms with van der Waals surface area (Å²) < 4.78 is 49.8. The largest absolute Gasteiger partial charge is 0.459 e. The smallest absolute Gasteiger partial charge is 0.416 e. The number of piperazine rings is 1. The lowest BCUT2D eigenvalue weighted by molar-refractivity contribution is -0.137. The van der Waals surface area contributed by atoms with Gasteiger partial charge in [0.1, 0.15) is 0 Å². The average Bonchev–Trinajstić information content (AvgIpc) is 3.37. The summed E-state index contributed by atoms with van der Waals surface area (Å²) in [6.07, 6.45) is -3.20. The standard InChI is InChI=1S/C25H24ClF3N2O3/c26-21-9-5-19(6-10-21)23(34-17-18-3-7-20(8-4-18)25(27,28)29)16-30-11-13-31(14-12-30)24(32)22-2-1-15-33-22/h1-10,15,23H,11-14,16-17H2. The summed E-state index contributed by atoms with van der Waals surface area (Å²) in [5.74, 6) is 0.199. The highest BCUT2D eigenvalue weighted by Crippen LogP contribution is 2.30. The first-order valence-electron chi connectivity index (χ1n) is 10.9. The van der Waals surface area contributed by atoms with Crippen LogP contribution in [0.4, 0.5) is 13.2 Å². The molecular formula is C25H24ClF3N2O3. The molecule has 4 rings (SSSR count). The normalized spacial score (nSPS) is 15.9. The van der Waals surface area contributed by atoms with Gasteiger partial charge in [-0.05, 0) is 47.5 Å². The maximum Gasteiger partial charge on any atom is 0.416 e. The minimum absolute atomic E-state index is 0.127. The van der Waals surface area contributed by atoms with E-state index in [-0.39, 0.29) is 18.6 Å². The van der Waals surface area contributed by atoms with Crippen LogP contribution in [0.15, 0.2) is 71.3 Å². The van der Waals surface area contributed by atoms with Crippen LogP contribution in [0, 0.1) is 0 Å². The molecule has 1 aliphatic heterocycles. The van der Waals surface area contributed by atoms with E-state index < -0.39 is 11.7 Å². The van der Waals surface area contributed by atoms with Crippen LogP contribution < -0.4 is 0 Å². The van der Waals surface area contributed by atoms with E-state index in [2.05, 4.69) is 4.90 Å². The van der Waals surface area contributed by atoms with E-state index in [1.807, 2.05) is 12.1 Å². The van der Waals surface area contributed by atoms with Crippen LogP contribution in [0.25, 0.3) is 0 Å². The Balaban J connectivity index is 1.38. The Kier molecular flexibility index (Phi) is 7.60. The topological polar surface area (TPSA) is 45.9 Å². The van der Waals surface area contributed by atoms with Crippen LogP contribution in [-0.4, -0.2) is 48.4 Å². The molecule has 0 saturated carbocycles. The van der Waals surface area contributed by atoms with Gasteiger partial charge in [-0.15, -0.1) is 0 Å². The Morgan fingerprint density at radius 1 is 1.00 bits per heavy atom. The molecule has 1 amide bonds. The summed E-state index contributed by atoms with van der Waals surface area (Å²) in [7, 11) is 0. The third kappa shape index (κ3) is 6.20. The maximum absolute atomic E-state index is 12.8. The van der Waals surface area contributed by atoms with E-state index in [1.165, 1.54) is 18.4 Å². The first kappa shape index (κ1) is 24.3. The summed E-state index contributed by atoms with van der Waals surface area (Å²) in [4.78, 5) is 16.5. The molecule has 0 bridgehead atoms. The fraction of sp³-hybridized carbons (Fsp3) is 0.320. The Morgan fingerprint density at radius 3 is 2.26 bits per heavy atom. The molecule has 1 saturated heterocycles. The minimum atomic E-state index is -4.37. The lowest BCUT2D eigenvalue weighted by Gasteiger charge is -2.36. The van der Waals surface area contributed by atoms with Crippen molar-refractivity contribution in [3.05, 3.63) is 94.4 Å². The summed E-state index contributed by atoms with van der Waals surface area (Å²) in [5.41, 5.74) is 0.888. The highest BCUT2D eigenvalue weighted by atomic mass is 35.5. The van der Waals surface area contributed by atoms with E-state index in [9.17, 15) is 18.0 Å². The highest BCUT2D eigenvalue weighted by Gasteiger charge is 2.30. The van der Waals surface area contributed by atoms with Gasteiger partial charge in [0.15, 0.2) is 5.76 Å². The van der Waals surface area contributed by atoms with Crippen LogP contribution in [0.1, 0.15) is 33.3 Å². The zero-order valence-corrected chi connectivity index (χ0v) is 19.1. The number of nitrogens with zero attached hydrogens (tertiary/aromatic N) is 2. The molecule has 1 aromatic heterocycles. The van der Waals surface area contributed by atoms with Gasteiger partial charge >= 0.3 is 6.18 Å². The molecule has 1 aliphatic rings. The van der Waals surface area contributed by atoms with Crippen LogP contribution in [0.3, 0.4) is 0 Å². The number of ether oxygens (including phenoxy) is 1. The molecular weight excluding hydrogens is 469 g/mol. The van der Waals surface area contributed by atoms with E-state index in [0.29, 0.717) is 49.1 Å². The van der Waals surface area contributed by atoms with Crippen LogP contribution >= 0.6 is 11.6 Å². The van der Waals surface area contributed by atoms with Crippen molar-refractivity contribution in [3.63, 3.8) is 0 Å². The van der Waals surface area contributed by atoms with Gasteiger partial charge in [-0.25, -0.2) is 0 Å². The first-order valence-corrected chi connectivity index (χ1v) is 11.3. The summed E-state index contributed by atoms with van der Waals surface area (Å²) >= 11 is 6.03. The molecule has 2 heterocycles. The van der Waals surface area contributed by atoms with Crippen molar-refractivity contribution in [1.82, 2.24) is 9.80 Å². The number of furan rings is 1. The molecule has 1 unspecified atom stereocenters. The molecule has 0 spiro atoms. The first-order chi connectivity index (χ1) is 16.3. The zero-order chi connectivity index (χ0) is 24.1. The van der Waals surface area contributed by atoms with Crippen molar-refractivity contribution >= 4 is 17.5 Å². The van der Waals surface area contributed by atoms with Gasteiger partial charge in [-0.2, -0.15) is 13.2 Å². The highest BCUT2D eigenvalue weighted by molar-refractivity contribution is 6.30. The maximum atomic E-state index is 12.8. The lowest BCUT2D eigenvalue weighted by atomic mass is 10.1. The molecule has 1 atom stereocenters. The molecule has 9 heteroatoms. The monoisotopic (exact) mass is 492 g/mol. The van der Waals surface area contributed by atoms with Crippen LogP contribution in [-0.2, 0) is 17.5 Å². The van der Waals surface area contributed by atoms with E-state index >= 15 is 0 Å². The van der Waals surface area contributed by atoms with E-state index in [0.717, 1.165) is 17.7 Å². The zero-order valence-electron chi connectivity index (χ0n) is 18.3. The number of hydrogen-bond acceptors (Lipinski definition) is 4. The Bertz CT molecular complexity index is 1060. The number of hydrogen-bond donors (Lipinski definition) is 0. The second-order valence-electron chi connectivity index (χ2n) is 8.12. The van der Waals surface area contributed by atoms with Crippen LogP contribution in [0.5, 0.6) is 0 Å². The van der Waals surface area contributed by atoms with Crippen molar-refractivity contribution < 1.29 is 27.1 Å². The van der Waals surface area contributed by atoms with Crippen LogP contribution in [0.2, 0.25) is 5.02 Å². The van der Waals surface area contributed by atoms with Gasteiger partial charge < -0.3 is 14.1 Å². The Morgan fingerprint density at radius 2 is 1.68 bits per heavy atom. The predicted octanol–water partition coefficient (Wildman–Crippen LogP) is 5.67. The van der Waals surface area contributed by atoms with Gasteiger partial charge in [-0.3, -0.25) is 9.69 Å². The van der Waals surface area contributed by atoms with Crippen molar-refractivity contribution in [1.29, 1.82) is 0 Å². The second-order valence-corrected chi connectivity index (χ2v) is 8.55. The van der Waals surface area contributed by atoms with Crippen molar-refractivity contribution in [2.45, 2.75) is 18.9 Å². The fourth-order valence-corrected chi connectivity index (χ4v) is 3.97. The summed E-state index contributed by atoms with van der Waals surface area (Å²) in [5, 5.41) is 0.607. The van der Waals surface area contributed by atoms with Gasteiger partial charge in [-0.1, -0.05) is 35.9 Å². The number of halogens is 4. The Labute approximate surface area is 200 Å². The minimum Gasteiger partial charge on any atom is -0.459 e. The van der Waals surface area contributed by atoms with E-state index in [1.54, 1.807) is 29.2 Å². The molecule has 2 aromatic carbocycles. The molecule has 34 heavy (non-hydrogen) atoms. The van der Waals surface area contributed by atoms with Gasteiger partial charge in [0.25, 0.3) is 5.91 Å². The quantitative estimate of drug-likeness (QED) is 0.426. The van der Waals surface area contributed by atoms with Gasteiger partial charge in [0.2, 0.25) is 0 Å². The number of rotatable bonds is 7. The molecule has 0 aliphatic carbocycles. The fourth-order valence-electron chi connectivity index (χ4n) is 3.84. The second kappa shape index (κ2) is 10.6. The summed E-state index contributed by atoms with van der Waals surface area (Å²) in [6.45, 7) is 3.20. The van der Waals surface area contributed by atoms with Crippen molar-refractivity contribution in [2.75, 3.05) is 32.7 Å². The molecule has 1 fully saturated rings. The number of carbonyl (C=O) groups is 1.